The molecule has 0 spiro atoms. The summed E-state index contributed by atoms with van der Waals surface area (Å²) in [4.78, 5) is 11.8. The van der Waals surface area contributed by atoms with Crippen LogP contribution in [0.5, 0.6) is 0 Å². The van der Waals surface area contributed by atoms with Gasteiger partial charge in [-0.3, -0.25) is 0 Å². The minimum Gasteiger partial charge on any atom is -0.462 e. The molecule has 1 aliphatic rings. The van der Waals surface area contributed by atoms with E-state index >= 15 is 0 Å². The van der Waals surface area contributed by atoms with Crippen molar-refractivity contribution in [2.75, 3.05) is 30.9 Å². The van der Waals surface area contributed by atoms with Gasteiger partial charge >= 0.3 is 5.97 Å². The largest absolute Gasteiger partial charge is 0.462 e. The molecule has 0 bridgehead atoms. The van der Waals surface area contributed by atoms with Crippen LogP contribution in [-0.4, -0.2) is 31.8 Å². The van der Waals surface area contributed by atoms with Gasteiger partial charge in [0.25, 0.3) is 0 Å². The molecule has 0 aromatic heterocycles. The molecule has 1 saturated heterocycles. The van der Waals surface area contributed by atoms with E-state index in [0.717, 1.165) is 13.0 Å². The molecule has 0 amide bonds. The molecule has 18 heavy (non-hydrogen) atoms. The smallest absolute Gasteiger partial charge is 0.340 e. The fourth-order valence-electron chi connectivity index (χ4n) is 1.96. The first kappa shape index (κ1) is 12.7. The maximum absolute atomic E-state index is 11.8. The summed E-state index contributed by atoms with van der Waals surface area (Å²) in [5, 5.41) is 3.27. The zero-order valence-electron chi connectivity index (χ0n) is 10.4. The Hall–Kier alpha value is -1.75. The van der Waals surface area contributed by atoms with Crippen molar-refractivity contribution >= 4 is 17.3 Å². The van der Waals surface area contributed by atoms with Crippen LogP contribution in [0.4, 0.5) is 11.4 Å². The number of anilines is 2. The number of rotatable bonds is 4. The number of para-hydroxylation sites is 1. The zero-order valence-corrected chi connectivity index (χ0v) is 10.4. The molecule has 3 N–H and O–H groups in total. The number of hydrogen-bond acceptors (Lipinski definition) is 5. The van der Waals surface area contributed by atoms with Crippen LogP contribution in [-0.2, 0) is 9.47 Å². The van der Waals surface area contributed by atoms with E-state index in [0.29, 0.717) is 30.2 Å². The van der Waals surface area contributed by atoms with Gasteiger partial charge in [-0.2, -0.15) is 0 Å². The number of hydrogen-bond donors (Lipinski definition) is 2. The molecular formula is C13H18N2O3. The van der Waals surface area contributed by atoms with Gasteiger partial charge < -0.3 is 20.5 Å². The molecular weight excluding hydrogens is 232 g/mol. The molecule has 98 valence electrons. The lowest BCUT2D eigenvalue weighted by Gasteiger charge is -2.17. The van der Waals surface area contributed by atoms with Gasteiger partial charge in [-0.1, -0.05) is 6.07 Å². The fraction of sp³-hybridized carbons (Fsp3) is 0.462. The third-order valence-corrected chi connectivity index (χ3v) is 2.87. The zero-order chi connectivity index (χ0) is 13.0. The third kappa shape index (κ3) is 2.73. The molecule has 5 nitrogen and oxygen atoms in total. The van der Waals surface area contributed by atoms with Crippen molar-refractivity contribution in [3.05, 3.63) is 23.8 Å². The summed E-state index contributed by atoms with van der Waals surface area (Å²) in [5.74, 6) is -0.355. The first-order chi connectivity index (χ1) is 8.72. The Morgan fingerprint density at radius 2 is 2.44 bits per heavy atom. The van der Waals surface area contributed by atoms with Crippen molar-refractivity contribution in [2.24, 2.45) is 0 Å². The van der Waals surface area contributed by atoms with Crippen molar-refractivity contribution in [2.45, 2.75) is 19.4 Å². The van der Waals surface area contributed by atoms with Gasteiger partial charge in [0.2, 0.25) is 0 Å². The topological polar surface area (TPSA) is 73.6 Å². The standard InChI is InChI=1S/C13H18N2O3/c1-2-18-13(16)10-4-3-5-11(14)12(10)15-9-6-7-17-8-9/h3-5,9,15H,2,6-8,14H2,1H3. The van der Waals surface area contributed by atoms with E-state index in [1.807, 2.05) is 0 Å². The van der Waals surface area contributed by atoms with Crippen LogP contribution in [0.3, 0.4) is 0 Å². The van der Waals surface area contributed by atoms with E-state index in [1.165, 1.54) is 0 Å². The molecule has 1 aromatic rings. The van der Waals surface area contributed by atoms with Gasteiger partial charge in [-0.15, -0.1) is 0 Å². The second-order valence-electron chi connectivity index (χ2n) is 4.20. The van der Waals surface area contributed by atoms with E-state index in [9.17, 15) is 4.79 Å². The minimum absolute atomic E-state index is 0.197. The van der Waals surface area contributed by atoms with Gasteiger partial charge in [-0.05, 0) is 25.5 Å². The number of carbonyl (C=O) groups excluding carboxylic acids is 1. The molecule has 1 aromatic carbocycles. The molecule has 1 unspecified atom stereocenters. The number of nitrogen functional groups attached to an aromatic ring is 1. The number of nitrogens with two attached hydrogens (primary N) is 1. The average Bonchev–Trinajstić information content (AvgIpc) is 2.85. The Bertz CT molecular complexity index is 428. The molecule has 5 heteroatoms. The van der Waals surface area contributed by atoms with E-state index in [2.05, 4.69) is 5.32 Å². The summed E-state index contributed by atoms with van der Waals surface area (Å²) in [6, 6.07) is 5.42. The summed E-state index contributed by atoms with van der Waals surface area (Å²) in [6.45, 7) is 3.50. The second-order valence-corrected chi connectivity index (χ2v) is 4.20. The molecule has 1 heterocycles. The molecule has 0 aliphatic carbocycles. The number of nitrogens with one attached hydrogen (secondary N) is 1. The highest BCUT2D eigenvalue weighted by atomic mass is 16.5. The summed E-state index contributed by atoms with van der Waals surface area (Å²) < 4.78 is 10.3. The third-order valence-electron chi connectivity index (χ3n) is 2.87. The SMILES string of the molecule is CCOC(=O)c1cccc(N)c1NC1CCOC1. The Balaban J connectivity index is 2.22. The monoisotopic (exact) mass is 250 g/mol. The van der Waals surface area contributed by atoms with Crippen LogP contribution in [0, 0.1) is 0 Å². The van der Waals surface area contributed by atoms with Gasteiger partial charge in [0.15, 0.2) is 0 Å². The fourth-order valence-corrected chi connectivity index (χ4v) is 1.96. The highest BCUT2D eigenvalue weighted by Crippen LogP contribution is 2.26. The second kappa shape index (κ2) is 5.73. The minimum atomic E-state index is -0.355. The Morgan fingerprint density at radius 3 is 3.11 bits per heavy atom. The van der Waals surface area contributed by atoms with Gasteiger partial charge in [-0.25, -0.2) is 4.79 Å². The van der Waals surface area contributed by atoms with Gasteiger partial charge in [0, 0.05) is 6.61 Å². The summed E-state index contributed by atoms with van der Waals surface area (Å²) in [5.41, 5.74) is 7.59. The van der Waals surface area contributed by atoms with Crippen LogP contribution >= 0.6 is 0 Å². The van der Waals surface area contributed by atoms with Crippen molar-refractivity contribution in [1.29, 1.82) is 0 Å². The van der Waals surface area contributed by atoms with Gasteiger partial charge in [0.05, 0.1) is 36.2 Å². The van der Waals surface area contributed by atoms with Crippen LogP contribution in [0.2, 0.25) is 0 Å². The summed E-state index contributed by atoms with van der Waals surface area (Å²) in [7, 11) is 0. The number of ether oxygens (including phenoxy) is 2. The predicted octanol–water partition coefficient (Wildman–Crippen LogP) is 1.65. The summed E-state index contributed by atoms with van der Waals surface area (Å²) in [6.07, 6.45) is 0.913. The van der Waals surface area contributed by atoms with Crippen molar-refractivity contribution in [3.8, 4) is 0 Å². The molecule has 0 saturated carbocycles. The lowest BCUT2D eigenvalue weighted by Crippen LogP contribution is -2.22. The maximum atomic E-state index is 11.8. The van der Waals surface area contributed by atoms with Gasteiger partial charge in [0.1, 0.15) is 0 Å². The molecule has 1 atom stereocenters. The van der Waals surface area contributed by atoms with Crippen molar-refractivity contribution in [3.63, 3.8) is 0 Å². The first-order valence-corrected chi connectivity index (χ1v) is 6.12. The Labute approximate surface area is 106 Å². The quantitative estimate of drug-likeness (QED) is 0.628. The van der Waals surface area contributed by atoms with E-state index in [4.69, 9.17) is 15.2 Å². The van der Waals surface area contributed by atoms with Crippen LogP contribution in [0.15, 0.2) is 18.2 Å². The van der Waals surface area contributed by atoms with Crippen LogP contribution in [0.1, 0.15) is 23.7 Å². The predicted molar refractivity (Wildman–Crippen MR) is 69.7 cm³/mol. The van der Waals surface area contributed by atoms with E-state index < -0.39 is 0 Å². The van der Waals surface area contributed by atoms with Crippen LogP contribution in [0.25, 0.3) is 0 Å². The Morgan fingerprint density at radius 1 is 1.61 bits per heavy atom. The summed E-state index contributed by atoms with van der Waals surface area (Å²) >= 11 is 0. The Kier molecular flexibility index (Phi) is 4.04. The normalized spacial score (nSPS) is 18.6. The molecule has 1 aliphatic heterocycles. The molecule has 1 fully saturated rings. The molecule has 2 rings (SSSR count). The lowest BCUT2D eigenvalue weighted by molar-refractivity contribution is 0.0527. The number of carbonyl (C=O) groups is 1. The molecule has 0 radical (unpaired) electrons. The lowest BCUT2D eigenvalue weighted by atomic mass is 10.1. The highest BCUT2D eigenvalue weighted by Gasteiger charge is 2.20. The number of esters is 1. The maximum Gasteiger partial charge on any atom is 0.340 e. The highest BCUT2D eigenvalue weighted by molar-refractivity contribution is 5.98. The van der Waals surface area contributed by atoms with Crippen LogP contribution < -0.4 is 11.1 Å². The van der Waals surface area contributed by atoms with Crippen molar-refractivity contribution in [1.82, 2.24) is 0 Å². The first-order valence-electron chi connectivity index (χ1n) is 6.12. The number of benzene rings is 1. The van der Waals surface area contributed by atoms with E-state index in [1.54, 1.807) is 25.1 Å². The average molecular weight is 250 g/mol. The van der Waals surface area contributed by atoms with E-state index in [-0.39, 0.29) is 12.0 Å². The van der Waals surface area contributed by atoms with Crippen molar-refractivity contribution < 1.29 is 14.3 Å².